The predicted molar refractivity (Wildman–Crippen MR) is 60.9 cm³/mol. The van der Waals surface area contributed by atoms with Gasteiger partial charge in [0.25, 0.3) is 0 Å². The van der Waals surface area contributed by atoms with Crippen LogP contribution in [0.3, 0.4) is 0 Å². The molecule has 0 aromatic carbocycles. The molecule has 0 aromatic heterocycles. The van der Waals surface area contributed by atoms with Crippen LogP contribution in [0.15, 0.2) is 0 Å². The number of nitrogens with zero attached hydrogens (tertiary/aromatic N) is 1. The van der Waals surface area contributed by atoms with Crippen LogP contribution in [0.2, 0.25) is 0 Å². The van der Waals surface area contributed by atoms with Gasteiger partial charge < -0.3 is 5.11 Å². The van der Waals surface area contributed by atoms with Crippen molar-refractivity contribution in [1.29, 1.82) is 0 Å². The fourth-order valence-electron chi connectivity index (χ4n) is 2.44. The second kappa shape index (κ2) is 6.83. The maximum atomic E-state index is 10.4. The van der Waals surface area contributed by atoms with Gasteiger partial charge in [0.1, 0.15) is 0 Å². The van der Waals surface area contributed by atoms with Gasteiger partial charge >= 0.3 is 5.97 Å². The first kappa shape index (κ1) is 12.5. The predicted octanol–water partition coefficient (Wildman–Crippen LogP) is 2.36. The molecule has 3 nitrogen and oxygen atoms in total. The highest BCUT2D eigenvalue weighted by Gasteiger charge is 2.13. The minimum absolute atomic E-state index is 0.171. The van der Waals surface area contributed by atoms with Gasteiger partial charge in [-0.3, -0.25) is 9.69 Å². The van der Waals surface area contributed by atoms with Crippen LogP contribution >= 0.6 is 0 Å². The number of aliphatic carboxylic acids is 1. The van der Waals surface area contributed by atoms with E-state index >= 15 is 0 Å². The number of hydrogen-bond donors (Lipinski definition) is 1. The third kappa shape index (κ3) is 5.78. The zero-order valence-corrected chi connectivity index (χ0v) is 9.74. The lowest BCUT2D eigenvalue weighted by molar-refractivity contribution is -0.137. The molecule has 3 heteroatoms. The summed E-state index contributed by atoms with van der Waals surface area (Å²) in [4.78, 5) is 12.3. The number of rotatable bonds is 6. The number of hydrogen-bond acceptors (Lipinski definition) is 2. The summed E-state index contributed by atoms with van der Waals surface area (Å²) in [6.45, 7) is 1.09. The van der Waals surface area contributed by atoms with Gasteiger partial charge in [0, 0.05) is 0 Å². The Hall–Kier alpha value is -0.570. The van der Waals surface area contributed by atoms with Crippen LogP contribution < -0.4 is 0 Å². The summed E-state index contributed by atoms with van der Waals surface area (Å²) in [6.07, 6.45) is 9.42. The molecule has 0 aliphatic heterocycles. The monoisotopic (exact) mass is 213 g/mol. The molecule has 0 bridgehead atoms. The third-order valence-electron chi connectivity index (χ3n) is 3.28. The lowest BCUT2D eigenvalue weighted by atomic mass is 9.86. The molecule has 0 heterocycles. The van der Waals surface area contributed by atoms with E-state index in [0.717, 1.165) is 18.9 Å². The quantitative estimate of drug-likeness (QED) is 0.736. The minimum atomic E-state index is -0.727. The Balaban J connectivity index is 2.02. The van der Waals surface area contributed by atoms with Gasteiger partial charge in [-0.25, -0.2) is 0 Å². The molecule has 1 rings (SSSR count). The second-order valence-electron chi connectivity index (χ2n) is 4.78. The first-order valence-corrected chi connectivity index (χ1v) is 6.09. The highest BCUT2D eigenvalue weighted by molar-refractivity contribution is 5.68. The van der Waals surface area contributed by atoms with Crippen molar-refractivity contribution in [3.63, 3.8) is 0 Å². The Labute approximate surface area is 92.5 Å². The zero-order chi connectivity index (χ0) is 11.1. The molecule has 0 unspecified atom stereocenters. The van der Waals surface area contributed by atoms with Crippen LogP contribution in [0.4, 0.5) is 0 Å². The molecule has 0 atom stereocenters. The Kier molecular flexibility index (Phi) is 5.69. The molecule has 0 saturated heterocycles. The van der Waals surface area contributed by atoms with Crippen LogP contribution in [0.5, 0.6) is 0 Å². The zero-order valence-electron chi connectivity index (χ0n) is 9.74. The maximum absolute atomic E-state index is 10.4. The lowest BCUT2D eigenvalue weighted by Gasteiger charge is -2.22. The average Bonchev–Trinajstić information content (AvgIpc) is 2.18. The summed E-state index contributed by atoms with van der Waals surface area (Å²) < 4.78 is 0. The van der Waals surface area contributed by atoms with Crippen molar-refractivity contribution in [1.82, 2.24) is 4.90 Å². The summed E-state index contributed by atoms with van der Waals surface area (Å²) >= 11 is 0. The number of likely N-dealkylation sites (N-methyl/N-ethyl adjacent to an activating group) is 1. The van der Waals surface area contributed by atoms with E-state index in [-0.39, 0.29) is 6.54 Å². The van der Waals surface area contributed by atoms with E-state index in [1.165, 1.54) is 38.5 Å². The molecule has 0 spiro atoms. The Morgan fingerprint density at radius 1 is 1.33 bits per heavy atom. The fraction of sp³-hybridized carbons (Fsp3) is 0.917. The standard InChI is InChI=1S/C12H23NO2/c1-13(10-12(14)15)9-5-8-11-6-3-2-4-7-11/h11H,2-10H2,1H3,(H,14,15). The van der Waals surface area contributed by atoms with Gasteiger partial charge in [0.15, 0.2) is 0 Å². The van der Waals surface area contributed by atoms with E-state index in [9.17, 15) is 4.79 Å². The molecule has 15 heavy (non-hydrogen) atoms. The van der Waals surface area contributed by atoms with E-state index in [0.29, 0.717) is 0 Å². The van der Waals surface area contributed by atoms with Crippen LogP contribution in [0, 0.1) is 5.92 Å². The van der Waals surface area contributed by atoms with E-state index in [2.05, 4.69) is 0 Å². The average molecular weight is 213 g/mol. The van der Waals surface area contributed by atoms with Crippen molar-refractivity contribution in [2.45, 2.75) is 44.9 Å². The number of carboxylic acids is 1. The molecular formula is C12H23NO2. The van der Waals surface area contributed by atoms with Crippen LogP contribution in [-0.4, -0.2) is 36.1 Å². The smallest absolute Gasteiger partial charge is 0.317 e. The fourth-order valence-corrected chi connectivity index (χ4v) is 2.44. The molecule has 1 aliphatic rings. The van der Waals surface area contributed by atoms with Crippen LogP contribution in [-0.2, 0) is 4.79 Å². The van der Waals surface area contributed by atoms with E-state index in [4.69, 9.17) is 5.11 Å². The summed E-state index contributed by atoms with van der Waals surface area (Å²) in [6, 6.07) is 0. The van der Waals surface area contributed by atoms with Crippen molar-refractivity contribution < 1.29 is 9.90 Å². The first-order valence-electron chi connectivity index (χ1n) is 6.09. The minimum Gasteiger partial charge on any atom is -0.480 e. The molecule has 1 saturated carbocycles. The SMILES string of the molecule is CN(CCCC1CCCCC1)CC(=O)O. The largest absolute Gasteiger partial charge is 0.480 e. The molecular weight excluding hydrogens is 190 g/mol. The van der Waals surface area contributed by atoms with Crippen molar-refractivity contribution >= 4 is 5.97 Å². The molecule has 1 fully saturated rings. The lowest BCUT2D eigenvalue weighted by Crippen LogP contribution is -2.27. The van der Waals surface area contributed by atoms with Crippen LogP contribution in [0.25, 0.3) is 0 Å². The summed E-state index contributed by atoms with van der Waals surface area (Å²) in [5.41, 5.74) is 0. The van der Waals surface area contributed by atoms with Crippen molar-refractivity contribution in [3.8, 4) is 0 Å². The van der Waals surface area contributed by atoms with E-state index in [1.54, 1.807) is 0 Å². The highest BCUT2D eigenvalue weighted by atomic mass is 16.4. The van der Waals surface area contributed by atoms with Gasteiger partial charge in [-0.1, -0.05) is 32.1 Å². The summed E-state index contributed by atoms with van der Waals surface area (Å²) in [5.74, 6) is 0.187. The van der Waals surface area contributed by atoms with Gasteiger partial charge in [-0.05, 0) is 32.4 Å². The van der Waals surface area contributed by atoms with Gasteiger partial charge in [0.05, 0.1) is 6.54 Å². The van der Waals surface area contributed by atoms with Crippen LogP contribution in [0.1, 0.15) is 44.9 Å². The third-order valence-corrected chi connectivity index (χ3v) is 3.28. The van der Waals surface area contributed by atoms with Crippen molar-refractivity contribution in [2.24, 2.45) is 5.92 Å². The molecule has 1 N–H and O–H groups in total. The highest BCUT2D eigenvalue weighted by Crippen LogP contribution is 2.27. The topological polar surface area (TPSA) is 40.5 Å². The second-order valence-corrected chi connectivity index (χ2v) is 4.78. The molecule has 1 aliphatic carbocycles. The van der Waals surface area contributed by atoms with E-state index in [1.807, 2.05) is 11.9 Å². The molecule has 0 amide bonds. The molecule has 0 radical (unpaired) electrons. The maximum Gasteiger partial charge on any atom is 0.317 e. The Morgan fingerprint density at radius 2 is 2.00 bits per heavy atom. The van der Waals surface area contributed by atoms with E-state index < -0.39 is 5.97 Å². The van der Waals surface area contributed by atoms with Gasteiger partial charge in [-0.15, -0.1) is 0 Å². The normalized spacial score (nSPS) is 18.3. The Bertz CT molecular complexity index is 188. The van der Waals surface area contributed by atoms with Crippen molar-refractivity contribution in [3.05, 3.63) is 0 Å². The Morgan fingerprint density at radius 3 is 2.60 bits per heavy atom. The van der Waals surface area contributed by atoms with Gasteiger partial charge in [0.2, 0.25) is 0 Å². The number of carbonyl (C=O) groups is 1. The molecule has 0 aromatic rings. The summed E-state index contributed by atoms with van der Waals surface area (Å²) in [5, 5.41) is 8.59. The molecule has 88 valence electrons. The van der Waals surface area contributed by atoms with Crippen molar-refractivity contribution in [2.75, 3.05) is 20.1 Å². The number of carboxylic acid groups (broad SMARTS) is 1. The summed E-state index contributed by atoms with van der Waals surface area (Å²) in [7, 11) is 1.88. The first-order chi connectivity index (χ1) is 7.18. The van der Waals surface area contributed by atoms with Gasteiger partial charge in [-0.2, -0.15) is 0 Å².